The monoisotopic (exact) mass is 176 g/mol. The predicted octanol–water partition coefficient (Wildman–Crippen LogP) is 1.35. The molecule has 1 aromatic heterocycles. The molecule has 0 amide bonds. The van der Waals surface area contributed by atoms with Gasteiger partial charge in [-0.2, -0.15) is 0 Å². The van der Waals surface area contributed by atoms with E-state index in [0.29, 0.717) is 18.5 Å². The summed E-state index contributed by atoms with van der Waals surface area (Å²) in [6.45, 7) is 3.50. The topological polar surface area (TPSA) is 56.0 Å². The first-order valence-corrected chi connectivity index (χ1v) is 4.05. The first-order valence-electron chi connectivity index (χ1n) is 4.05. The van der Waals surface area contributed by atoms with E-state index in [4.69, 9.17) is 5.73 Å². The van der Waals surface area contributed by atoms with Gasteiger partial charge < -0.3 is 5.73 Å². The van der Waals surface area contributed by atoms with E-state index < -0.39 is 0 Å². The molecule has 0 spiro atoms. The molecule has 0 saturated carbocycles. The van der Waals surface area contributed by atoms with Gasteiger partial charge in [0, 0.05) is 36.5 Å². The Kier molecular flexibility index (Phi) is 3.20. The number of hydrogen-bond donors (Lipinski definition) is 1. The standard InChI is InChI=1S/C10H12N2O/c1-2-3-9(13)6-8-7-12-5-4-10(8)11/h2,4-5,7H,1,3,6H2,(H2,11,12). The lowest BCUT2D eigenvalue weighted by Crippen LogP contribution is -2.04. The Balaban J connectivity index is 2.68. The first kappa shape index (κ1) is 9.45. The maximum atomic E-state index is 11.2. The van der Waals surface area contributed by atoms with Crippen LogP contribution in [-0.2, 0) is 11.2 Å². The molecule has 1 aromatic rings. The van der Waals surface area contributed by atoms with Gasteiger partial charge in [-0.15, -0.1) is 6.58 Å². The van der Waals surface area contributed by atoms with E-state index in [1.54, 1.807) is 24.5 Å². The highest BCUT2D eigenvalue weighted by molar-refractivity contribution is 5.83. The number of hydrogen-bond acceptors (Lipinski definition) is 3. The maximum Gasteiger partial charge on any atom is 0.141 e. The summed E-state index contributed by atoms with van der Waals surface area (Å²) >= 11 is 0. The summed E-state index contributed by atoms with van der Waals surface area (Å²) in [4.78, 5) is 15.1. The summed E-state index contributed by atoms with van der Waals surface area (Å²) in [5, 5.41) is 0. The number of nitrogens with two attached hydrogens (primary N) is 1. The minimum atomic E-state index is 0.106. The lowest BCUT2D eigenvalue weighted by Gasteiger charge is -2.01. The van der Waals surface area contributed by atoms with Crippen LogP contribution in [0.25, 0.3) is 0 Å². The van der Waals surface area contributed by atoms with E-state index in [-0.39, 0.29) is 5.78 Å². The Bertz CT molecular complexity index is 320. The lowest BCUT2D eigenvalue weighted by molar-refractivity contribution is -0.117. The molecule has 13 heavy (non-hydrogen) atoms. The summed E-state index contributed by atoms with van der Waals surface area (Å²) in [6.07, 6.45) is 5.54. The van der Waals surface area contributed by atoms with Crippen molar-refractivity contribution in [2.24, 2.45) is 0 Å². The van der Waals surface area contributed by atoms with Crippen molar-refractivity contribution in [3.8, 4) is 0 Å². The number of pyridine rings is 1. The second-order valence-corrected chi connectivity index (χ2v) is 2.78. The van der Waals surface area contributed by atoms with Crippen molar-refractivity contribution >= 4 is 11.5 Å². The SMILES string of the molecule is C=CCC(=O)Cc1cnccc1N. The van der Waals surface area contributed by atoms with Gasteiger partial charge in [-0.1, -0.05) is 6.08 Å². The number of carbonyl (C=O) groups is 1. The zero-order valence-corrected chi connectivity index (χ0v) is 7.36. The molecular weight excluding hydrogens is 164 g/mol. The average molecular weight is 176 g/mol. The van der Waals surface area contributed by atoms with Gasteiger partial charge in [-0.25, -0.2) is 0 Å². The molecule has 0 saturated heterocycles. The van der Waals surface area contributed by atoms with Crippen LogP contribution in [-0.4, -0.2) is 10.8 Å². The molecule has 3 heteroatoms. The number of rotatable bonds is 4. The predicted molar refractivity (Wildman–Crippen MR) is 52.2 cm³/mol. The summed E-state index contributed by atoms with van der Waals surface area (Å²) in [5.74, 6) is 0.106. The normalized spacial score (nSPS) is 9.54. The molecule has 0 aliphatic carbocycles. The third-order valence-corrected chi connectivity index (χ3v) is 1.70. The van der Waals surface area contributed by atoms with Gasteiger partial charge >= 0.3 is 0 Å². The van der Waals surface area contributed by atoms with Crippen molar-refractivity contribution < 1.29 is 4.79 Å². The largest absolute Gasteiger partial charge is 0.398 e. The van der Waals surface area contributed by atoms with Crippen LogP contribution in [0.15, 0.2) is 31.1 Å². The van der Waals surface area contributed by atoms with Crippen molar-refractivity contribution in [2.75, 3.05) is 5.73 Å². The van der Waals surface area contributed by atoms with E-state index in [9.17, 15) is 4.79 Å². The Morgan fingerprint density at radius 3 is 3.08 bits per heavy atom. The number of nitrogens with zero attached hydrogens (tertiary/aromatic N) is 1. The Morgan fingerprint density at radius 1 is 1.69 bits per heavy atom. The summed E-state index contributed by atoms with van der Waals surface area (Å²) in [6, 6.07) is 1.69. The molecule has 1 heterocycles. The minimum absolute atomic E-state index is 0.106. The maximum absolute atomic E-state index is 11.2. The second-order valence-electron chi connectivity index (χ2n) is 2.78. The number of allylic oxidation sites excluding steroid dienone is 1. The number of anilines is 1. The molecule has 0 unspecified atom stereocenters. The van der Waals surface area contributed by atoms with Crippen molar-refractivity contribution in [1.82, 2.24) is 4.98 Å². The van der Waals surface area contributed by atoms with E-state index in [2.05, 4.69) is 11.6 Å². The molecule has 0 aromatic carbocycles. The quantitative estimate of drug-likeness (QED) is 0.704. The second kappa shape index (κ2) is 4.40. The fraction of sp³-hybridized carbons (Fsp3) is 0.200. The van der Waals surface area contributed by atoms with Gasteiger partial charge in [0.25, 0.3) is 0 Å². The molecule has 0 aliphatic heterocycles. The molecule has 0 aliphatic rings. The molecule has 2 N–H and O–H groups in total. The van der Waals surface area contributed by atoms with Crippen molar-refractivity contribution in [3.05, 3.63) is 36.7 Å². The van der Waals surface area contributed by atoms with E-state index in [1.165, 1.54) is 0 Å². The fourth-order valence-corrected chi connectivity index (χ4v) is 1.03. The number of nitrogen functional groups attached to an aromatic ring is 1. The van der Waals surface area contributed by atoms with Crippen molar-refractivity contribution in [1.29, 1.82) is 0 Å². The molecule has 0 radical (unpaired) electrons. The molecule has 0 fully saturated rings. The fourth-order valence-electron chi connectivity index (χ4n) is 1.03. The van der Waals surface area contributed by atoms with Gasteiger partial charge in [-0.05, 0) is 6.07 Å². The Hall–Kier alpha value is -1.64. The van der Waals surface area contributed by atoms with E-state index in [0.717, 1.165) is 5.56 Å². The van der Waals surface area contributed by atoms with Crippen LogP contribution < -0.4 is 5.73 Å². The van der Waals surface area contributed by atoms with Crippen LogP contribution >= 0.6 is 0 Å². The van der Waals surface area contributed by atoms with Crippen molar-refractivity contribution in [3.63, 3.8) is 0 Å². The number of carbonyl (C=O) groups excluding carboxylic acids is 1. The molecule has 68 valence electrons. The van der Waals surface area contributed by atoms with Gasteiger partial charge in [0.05, 0.1) is 0 Å². The third-order valence-electron chi connectivity index (χ3n) is 1.70. The highest BCUT2D eigenvalue weighted by atomic mass is 16.1. The molecule has 3 nitrogen and oxygen atoms in total. The summed E-state index contributed by atoms with van der Waals surface area (Å²) < 4.78 is 0. The highest BCUT2D eigenvalue weighted by Gasteiger charge is 2.04. The molecule has 1 rings (SSSR count). The van der Waals surface area contributed by atoms with Crippen LogP contribution in [0, 0.1) is 0 Å². The van der Waals surface area contributed by atoms with Crippen LogP contribution in [0.5, 0.6) is 0 Å². The average Bonchev–Trinajstić information content (AvgIpc) is 2.09. The molecule has 0 bridgehead atoms. The highest BCUT2D eigenvalue weighted by Crippen LogP contribution is 2.10. The van der Waals surface area contributed by atoms with Crippen LogP contribution in [0.4, 0.5) is 5.69 Å². The van der Waals surface area contributed by atoms with Gasteiger partial charge in [0.1, 0.15) is 5.78 Å². The first-order chi connectivity index (χ1) is 6.24. The van der Waals surface area contributed by atoms with Crippen LogP contribution in [0.1, 0.15) is 12.0 Å². The lowest BCUT2D eigenvalue weighted by atomic mass is 10.1. The Morgan fingerprint density at radius 2 is 2.46 bits per heavy atom. The van der Waals surface area contributed by atoms with Crippen LogP contribution in [0.2, 0.25) is 0 Å². The Labute approximate surface area is 77.3 Å². The van der Waals surface area contributed by atoms with E-state index >= 15 is 0 Å². The minimum Gasteiger partial charge on any atom is -0.398 e. The third kappa shape index (κ3) is 2.71. The van der Waals surface area contributed by atoms with Gasteiger partial charge in [0.2, 0.25) is 0 Å². The van der Waals surface area contributed by atoms with Gasteiger partial charge in [-0.3, -0.25) is 9.78 Å². The molecule has 0 atom stereocenters. The van der Waals surface area contributed by atoms with Crippen molar-refractivity contribution in [2.45, 2.75) is 12.8 Å². The number of aromatic nitrogens is 1. The van der Waals surface area contributed by atoms with Crippen LogP contribution in [0.3, 0.4) is 0 Å². The van der Waals surface area contributed by atoms with Gasteiger partial charge in [0.15, 0.2) is 0 Å². The molecular formula is C10H12N2O. The number of ketones is 1. The summed E-state index contributed by atoms with van der Waals surface area (Å²) in [7, 11) is 0. The number of Topliss-reactive ketones (excluding diaryl/α,β-unsaturated/α-hetero) is 1. The smallest absolute Gasteiger partial charge is 0.141 e. The zero-order chi connectivity index (χ0) is 9.68. The zero-order valence-electron chi connectivity index (χ0n) is 7.36. The van der Waals surface area contributed by atoms with E-state index in [1.807, 2.05) is 0 Å². The summed E-state index contributed by atoms with van der Waals surface area (Å²) in [5.41, 5.74) is 7.05.